The summed E-state index contributed by atoms with van der Waals surface area (Å²) < 4.78 is 0. The first-order chi connectivity index (χ1) is 7.03. The number of hydrogen-bond acceptors (Lipinski definition) is 2. The van der Waals surface area contributed by atoms with E-state index in [0.29, 0.717) is 17.8 Å². The van der Waals surface area contributed by atoms with Gasteiger partial charge in [-0.05, 0) is 31.6 Å². The van der Waals surface area contributed by atoms with Crippen molar-refractivity contribution in [3.8, 4) is 0 Å². The maximum absolute atomic E-state index is 9.39. The van der Waals surface area contributed by atoms with Gasteiger partial charge in [0, 0.05) is 0 Å². The predicted octanol–water partition coefficient (Wildman–Crippen LogP) is 3.46. The fourth-order valence-corrected chi connectivity index (χ4v) is 0.899. The van der Waals surface area contributed by atoms with Crippen molar-refractivity contribution in [2.24, 2.45) is 17.8 Å². The minimum Gasteiger partial charge on any atom is -0.393 e. The standard InChI is InChI=1S/C8H18O.C6H14O/c1-5-7(4)8(9)6(2)3;1-5(2)6(3,4)7/h6-9H,5H2,1-4H3;5,7H,1-4H3. The summed E-state index contributed by atoms with van der Waals surface area (Å²) in [6.07, 6.45) is 0.953. The first-order valence-electron chi connectivity index (χ1n) is 6.44. The van der Waals surface area contributed by atoms with E-state index in [1.807, 2.05) is 27.7 Å². The van der Waals surface area contributed by atoms with Crippen molar-refractivity contribution in [3.05, 3.63) is 0 Å². The summed E-state index contributed by atoms with van der Waals surface area (Å²) >= 11 is 0. The van der Waals surface area contributed by atoms with Gasteiger partial charge in [0.2, 0.25) is 0 Å². The molecule has 0 rings (SSSR count). The molecule has 2 unspecified atom stereocenters. The van der Waals surface area contributed by atoms with Gasteiger partial charge >= 0.3 is 0 Å². The van der Waals surface area contributed by atoms with Crippen LogP contribution in [0.25, 0.3) is 0 Å². The Kier molecular flexibility index (Phi) is 9.23. The molecule has 0 aliphatic rings. The zero-order valence-electron chi connectivity index (χ0n) is 12.4. The van der Waals surface area contributed by atoms with E-state index in [-0.39, 0.29) is 6.10 Å². The average Bonchev–Trinajstić information content (AvgIpc) is 2.14. The van der Waals surface area contributed by atoms with E-state index < -0.39 is 5.60 Å². The molecule has 2 heteroatoms. The minimum atomic E-state index is -0.500. The number of rotatable bonds is 4. The Bertz CT molecular complexity index is 157. The molecule has 2 nitrogen and oxygen atoms in total. The molecule has 0 fully saturated rings. The van der Waals surface area contributed by atoms with E-state index in [2.05, 4.69) is 27.7 Å². The summed E-state index contributed by atoms with van der Waals surface area (Å²) in [5, 5.41) is 18.5. The molecule has 0 aliphatic carbocycles. The normalized spacial score (nSPS) is 15.8. The lowest BCUT2D eigenvalue weighted by atomic mass is 9.93. The van der Waals surface area contributed by atoms with Crippen LogP contribution in [-0.4, -0.2) is 21.9 Å². The zero-order chi connectivity index (χ0) is 13.5. The van der Waals surface area contributed by atoms with E-state index in [1.54, 1.807) is 0 Å². The van der Waals surface area contributed by atoms with Gasteiger partial charge in [-0.1, -0.05) is 48.0 Å². The minimum absolute atomic E-state index is 0.116. The summed E-state index contributed by atoms with van der Waals surface area (Å²) in [5.41, 5.74) is -0.500. The number of aliphatic hydroxyl groups excluding tert-OH is 1. The van der Waals surface area contributed by atoms with Crippen LogP contribution in [-0.2, 0) is 0 Å². The highest BCUT2D eigenvalue weighted by Crippen LogP contribution is 2.14. The van der Waals surface area contributed by atoms with Gasteiger partial charge in [0.05, 0.1) is 11.7 Å². The van der Waals surface area contributed by atoms with Crippen LogP contribution in [0.3, 0.4) is 0 Å². The molecule has 0 spiro atoms. The third-order valence-corrected chi connectivity index (χ3v) is 3.32. The predicted molar refractivity (Wildman–Crippen MR) is 71.4 cm³/mol. The van der Waals surface area contributed by atoms with Gasteiger partial charge in [-0.25, -0.2) is 0 Å². The molecule has 16 heavy (non-hydrogen) atoms. The van der Waals surface area contributed by atoms with Crippen LogP contribution in [0.2, 0.25) is 0 Å². The van der Waals surface area contributed by atoms with Crippen molar-refractivity contribution < 1.29 is 10.2 Å². The highest BCUT2D eigenvalue weighted by Gasteiger charge is 2.16. The van der Waals surface area contributed by atoms with Crippen LogP contribution < -0.4 is 0 Å². The average molecular weight is 232 g/mol. The summed E-state index contributed by atoms with van der Waals surface area (Å²) in [6.45, 7) is 15.9. The Morgan fingerprint density at radius 3 is 1.38 bits per heavy atom. The van der Waals surface area contributed by atoms with Gasteiger partial charge in [0.1, 0.15) is 0 Å². The van der Waals surface area contributed by atoms with E-state index >= 15 is 0 Å². The smallest absolute Gasteiger partial charge is 0.0614 e. The van der Waals surface area contributed by atoms with Gasteiger partial charge in [-0.2, -0.15) is 0 Å². The van der Waals surface area contributed by atoms with Crippen LogP contribution in [0.4, 0.5) is 0 Å². The Morgan fingerprint density at radius 2 is 1.31 bits per heavy atom. The molecule has 0 saturated carbocycles. The molecule has 0 bridgehead atoms. The van der Waals surface area contributed by atoms with Crippen molar-refractivity contribution in [1.29, 1.82) is 0 Å². The van der Waals surface area contributed by atoms with Crippen LogP contribution in [0.5, 0.6) is 0 Å². The lowest BCUT2D eigenvalue weighted by Gasteiger charge is -2.21. The van der Waals surface area contributed by atoms with Crippen molar-refractivity contribution in [2.45, 2.75) is 73.5 Å². The van der Waals surface area contributed by atoms with Crippen LogP contribution in [0, 0.1) is 17.8 Å². The molecule has 0 aromatic carbocycles. The summed E-state index contributed by atoms with van der Waals surface area (Å²) in [6, 6.07) is 0. The van der Waals surface area contributed by atoms with Crippen LogP contribution in [0.15, 0.2) is 0 Å². The number of aliphatic hydroxyl groups is 2. The molecular weight excluding hydrogens is 200 g/mol. The van der Waals surface area contributed by atoms with Gasteiger partial charge in [-0.3, -0.25) is 0 Å². The van der Waals surface area contributed by atoms with E-state index in [9.17, 15) is 5.11 Å². The first-order valence-corrected chi connectivity index (χ1v) is 6.44. The molecule has 0 heterocycles. The third kappa shape index (κ3) is 9.17. The second-order valence-electron chi connectivity index (χ2n) is 5.93. The molecule has 100 valence electrons. The molecular formula is C14H32O2. The molecule has 0 aromatic rings. The summed E-state index contributed by atoms with van der Waals surface area (Å²) in [5.74, 6) is 1.21. The monoisotopic (exact) mass is 232 g/mol. The second kappa shape index (κ2) is 8.08. The maximum Gasteiger partial charge on any atom is 0.0614 e. The van der Waals surface area contributed by atoms with E-state index in [0.717, 1.165) is 6.42 Å². The van der Waals surface area contributed by atoms with Crippen molar-refractivity contribution in [2.75, 3.05) is 0 Å². The molecule has 0 saturated heterocycles. The molecule has 2 N–H and O–H groups in total. The van der Waals surface area contributed by atoms with Crippen molar-refractivity contribution in [3.63, 3.8) is 0 Å². The van der Waals surface area contributed by atoms with Crippen LogP contribution in [0.1, 0.15) is 61.8 Å². The molecule has 0 amide bonds. The second-order valence-corrected chi connectivity index (χ2v) is 5.93. The highest BCUT2D eigenvalue weighted by atomic mass is 16.3. The fraction of sp³-hybridized carbons (Fsp3) is 1.00. The lowest BCUT2D eigenvalue weighted by Crippen LogP contribution is -2.25. The van der Waals surface area contributed by atoms with Gasteiger partial charge < -0.3 is 10.2 Å². The lowest BCUT2D eigenvalue weighted by molar-refractivity contribution is 0.0327. The quantitative estimate of drug-likeness (QED) is 0.779. The van der Waals surface area contributed by atoms with E-state index in [4.69, 9.17) is 5.11 Å². The zero-order valence-corrected chi connectivity index (χ0v) is 12.4. The first kappa shape index (κ1) is 18.3. The fourth-order valence-electron chi connectivity index (χ4n) is 0.899. The summed E-state index contributed by atoms with van der Waals surface area (Å²) in [7, 11) is 0. The molecule has 0 radical (unpaired) electrons. The summed E-state index contributed by atoms with van der Waals surface area (Å²) in [4.78, 5) is 0. The van der Waals surface area contributed by atoms with Gasteiger partial charge in [-0.15, -0.1) is 0 Å². The van der Waals surface area contributed by atoms with E-state index in [1.165, 1.54) is 0 Å². The number of hydrogen-bond donors (Lipinski definition) is 2. The van der Waals surface area contributed by atoms with Crippen molar-refractivity contribution in [1.82, 2.24) is 0 Å². The Hall–Kier alpha value is -0.0800. The third-order valence-electron chi connectivity index (χ3n) is 3.32. The topological polar surface area (TPSA) is 40.5 Å². The van der Waals surface area contributed by atoms with Crippen LogP contribution >= 0.6 is 0 Å². The SMILES string of the molecule is CC(C)C(C)(C)O.CCC(C)C(O)C(C)C. The largest absolute Gasteiger partial charge is 0.393 e. The Morgan fingerprint density at radius 1 is 1.00 bits per heavy atom. The molecule has 0 aromatic heterocycles. The Labute approximate surface area is 102 Å². The Balaban J connectivity index is 0. The van der Waals surface area contributed by atoms with Gasteiger partial charge in [0.15, 0.2) is 0 Å². The molecule has 0 aliphatic heterocycles. The molecule has 2 atom stereocenters. The van der Waals surface area contributed by atoms with Gasteiger partial charge in [0.25, 0.3) is 0 Å². The maximum atomic E-state index is 9.39. The van der Waals surface area contributed by atoms with Crippen molar-refractivity contribution >= 4 is 0 Å². The highest BCUT2D eigenvalue weighted by molar-refractivity contribution is 4.68.